The monoisotopic (exact) mass is 259 g/mol. The lowest BCUT2D eigenvalue weighted by atomic mass is 9.91. The first kappa shape index (κ1) is 13.4. The fourth-order valence-electron chi connectivity index (χ4n) is 2.35. The van der Waals surface area contributed by atoms with Crippen molar-refractivity contribution in [2.24, 2.45) is 0 Å². The van der Waals surface area contributed by atoms with Crippen LogP contribution in [0.15, 0.2) is 18.2 Å². The van der Waals surface area contributed by atoms with Crippen LogP contribution in [-0.2, 0) is 23.9 Å². The first-order chi connectivity index (χ1) is 8.52. The molecule has 1 heterocycles. The van der Waals surface area contributed by atoms with Crippen LogP contribution in [0, 0.1) is 0 Å². The fraction of sp³-hybridized carbons (Fsp3) is 0.538. The summed E-state index contributed by atoms with van der Waals surface area (Å²) in [5.74, 6) is 0. The van der Waals surface area contributed by atoms with Crippen molar-refractivity contribution in [3.63, 3.8) is 0 Å². The average Bonchev–Trinajstić information content (AvgIpc) is 2.34. The van der Waals surface area contributed by atoms with E-state index in [0.29, 0.717) is 18.6 Å². The molecule has 1 atom stereocenters. The van der Waals surface area contributed by atoms with E-state index in [1.54, 1.807) is 13.2 Å². The highest BCUT2D eigenvalue weighted by molar-refractivity contribution is 5.39. The summed E-state index contributed by atoms with van der Waals surface area (Å²) in [6, 6.07) is 4.61. The number of halogens is 3. The molecule has 0 fully saturated rings. The lowest BCUT2D eigenvalue weighted by Crippen LogP contribution is -2.37. The van der Waals surface area contributed by atoms with Gasteiger partial charge in [0.1, 0.15) is 0 Å². The Morgan fingerprint density at radius 1 is 1.39 bits per heavy atom. The number of hydrogen-bond donors (Lipinski definition) is 1. The Hall–Kier alpha value is -1.07. The molecule has 1 aromatic rings. The predicted octanol–water partition coefficient (Wildman–Crippen LogP) is 2.76. The zero-order valence-electron chi connectivity index (χ0n) is 10.2. The van der Waals surface area contributed by atoms with Crippen LogP contribution in [0.25, 0.3) is 0 Å². The van der Waals surface area contributed by atoms with E-state index in [4.69, 9.17) is 4.74 Å². The van der Waals surface area contributed by atoms with Crippen molar-refractivity contribution < 1.29 is 17.9 Å². The molecule has 1 aromatic carbocycles. The maximum absolute atomic E-state index is 12.8. The second-order valence-corrected chi connectivity index (χ2v) is 4.50. The maximum Gasteiger partial charge on any atom is 0.416 e. The third kappa shape index (κ3) is 2.84. The molecule has 1 aliphatic heterocycles. The van der Waals surface area contributed by atoms with E-state index < -0.39 is 11.7 Å². The van der Waals surface area contributed by atoms with Crippen LogP contribution >= 0.6 is 0 Å². The van der Waals surface area contributed by atoms with Crippen LogP contribution in [0.4, 0.5) is 13.2 Å². The van der Waals surface area contributed by atoms with E-state index in [0.717, 1.165) is 18.1 Å². The minimum atomic E-state index is -4.27. The Kier molecular flexibility index (Phi) is 3.92. The molecule has 0 amide bonds. The Labute approximate surface area is 104 Å². The predicted molar refractivity (Wildman–Crippen MR) is 62.3 cm³/mol. The lowest BCUT2D eigenvalue weighted by Gasteiger charge is -2.28. The van der Waals surface area contributed by atoms with Gasteiger partial charge in [0.15, 0.2) is 0 Å². The zero-order valence-corrected chi connectivity index (χ0v) is 10.2. The molecule has 5 heteroatoms. The van der Waals surface area contributed by atoms with Crippen molar-refractivity contribution in [3.8, 4) is 0 Å². The lowest BCUT2D eigenvalue weighted by molar-refractivity contribution is -0.138. The smallest absolute Gasteiger partial charge is 0.385 e. The summed E-state index contributed by atoms with van der Waals surface area (Å²) >= 11 is 0. The van der Waals surface area contributed by atoms with Crippen molar-refractivity contribution in [1.82, 2.24) is 5.32 Å². The van der Waals surface area contributed by atoms with Gasteiger partial charge in [-0.2, -0.15) is 13.2 Å². The average molecular weight is 259 g/mol. The molecular formula is C13H16F3NO. The SMILES string of the molecule is COCCC1Cc2cccc(C(F)(F)F)c2CN1. The molecule has 2 rings (SSSR count). The number of benzene rings is 1. The minimum Gasteiger partial charge on any atom is -0.385 e. The Balaban J connectivity index is 2.19. The van der Waals surface area contributed by atoms with Crippen LogP contribution in [0.1, 0.15) is 23.1 Å². The number of rotatable bonds is 3. The van der Waals surface area contributed by atoms with Gasteiger partial charge in [-0.05, 0) is 30.0 Å². The molecule has 18 heavy (non-hydrogen) atoms. The Bertz CT molecular complexity index is 417. The van der Waals surface area contributed by atoms with E-state index in [-0.39, 0.29) is 12.6 Å². The van der Waals surface area contributed by atoms with Crippen molar-refractivity contribution in [2.45, 2.75) is 31.6 Å². The number of hydrogen-bond acceptors (Lipinski definition) is 2. The van der Waals surface area contributed by atoms with E-state index in [9.17, 15) is 13.2 Å². The first-order valence-corrected chi connectivity index (χ1v) is 5.92. The van der Waals surface area contributed by atoms with Gasteiger partial charge < -0.3 is 10.1 Å². The molecule has 0 aliphatic carbocycles. The third-order valence-corrected chi connectivity index (χ3v) is 3.28. The quantitative estimate of drug-likeness (QED) is 0.901. The van der Waals surface area contributed by atoms with Gasteiger partial charge in [-0.3, -0.25) is 0 Å². The summed E-state index contributed by atoms with van der Waals surface area (Å²) < 4.78 is 43.5. The second-order valence-electron chi connectivity index (χ2n) is 4.50. The number of fused-ring (bicyclic) bond motifs is 1. The third-order valence-electron chi connectivity index (χ3n) is 3.28. The molecule has 0 aromatic heterocycles. The summed E-state index contributed by atoms with van der Waals surface area (Å²) in [6.07, 6.45) is -2.83. The maximum atomic E-state index is 12.8. The topological polar surface area (TPSA) is 21.3 Å². The van der Waals surface area contributed by atoms with Crippen molar-refractivity contribution in [1.29, 1.82) is 0 Å². The van der Waals surface area contributed by atoms with E-state index >= 15 is 0 Å². The van der Waals surface area contributed by atoms with Gasteiger partial charge >= 0.3 is 6.18 Å². The normalized spacial score (nSPS) is 19.7. The summed E-state index contributed by atoms with van der Waals surface area (Å²) in [7, 11) is 1.62. The molecule has 2 nitrogen and oxygen atoms in total. The molecule has 0 saturated carbocycles. The van der Waals surface area contributed by atoms with Crippen LogP contribution in [0.3, 0.4) is 0 Å². The Morgan fingerprint density at radius 2 is 2.17 bits per heavy atom. The fourth-order valence-corrected chi connectivity index (χ4v) is 2.35. The highest BCUT2D eigenvalue weighted by atomic mass is 19.4. The van der Waals surface area contributed by atoms with Gasteiger partial charge in [-0.1, -0.05) is 12.1 Å². The molecule has 0 radical (unpaired) electrons. The van der Waals surface area contributed by atoms with Crippen molar-refractivity contribution in [2.75, 3.05) is 13.7 Å². The minimum absolute atomic E-state index is 0.195. The molecule has 1 unspecified atom stereocenters. The van der Waals surface area contributed by atoms with Gasteiger partial charge in [0.05, 0.1) is 5.56 Å². The summed E-state index contributed by atoms with van der Waals surface area (Å²) in [6.45, 7) is 0.894. The number of ether oxygens (including phenoxy) is 1. The molecule has 0 spiro atoms. The molecular weight excluding hydrogens is 243 g/mol. The molecule has 0 bridgehead atoms. The second kappa shape index (κ2) is 5.28. The van der Waals surface area contributed by atoms with Crippen LogP contribution in [0.2, 0.25) is 0 Å². The summed E-state index contributed by atoms with van der Waals surface area (Å²) in [5, 5.41) is 3.14. The van der Waals surface area contributed by atoms with Gasteiger partial charge in [-0.15, -0.1) is 0 Å². The number of nitrogens with one attached hydrogen (secondary N) is 1. The van der Waals surface area contributed by atoms with Gasteiger partial charge in [-0.25, -0.2) is 0 Å². The summed E-state index contributed by atoms with van der Waals surface area (Å²) in [5.41, 5.74) is 0.668. The van der Waals surface area contributed by atoms with Crippen molar-refractivity contribution >= 4 is 0 Å². The summed E-state index contributed by atoms with van der Waals surface area (Å²) in [4.78, 5) is 0. The highest BCUT2D eigenvalue weighted by Gasteiger charge is 2.35. The molecule has 1 N–H and O–H groups in total. The van der Waals surface area contributed by atoms with Crippen molar-refractivity contribution in [3.05, 3.63) is 34.9 Å². The van der Waals surface area contributed by atoms with E-state index in [1.807, 2.05) is 0 Å². The van der Waals surface area contributed by atoms with Gasteiger partial charge in [0, 0.05) is 26.3 Å². The van der Waals surface area contributed by atoms with Gasteiger partial charge in [0.25, 0.3) is 0 Å². The Morgan fingerprint density at radius 3 is 2.83 bits per heavy atom. The van der Waals surface area contributed by atoms with E-state index in [2.05, 4.69) is 5.32 Å². The number of methoxy groups -OCH3 is 1. The van der Waals surface area contributed by atoms with Crippen LogP contribution in [-0.4, -0.2) is 19.8 Å². The first-order valence-electron chi connectivity index (χ1n) is 5.92. The van der Waals surface area contributed by atoms with Crippen LogP contribution in [0.5, 0.6) is 0 Å². The molecule has 1 aliphatic rings. The van der Waals surface area contributed by atoms with E-state index in [1.165, 1.54) is 6.07 Å². The molecule has 100 valence electrons. The largest absolute Gasteiger partial charge is 0.416 e. The zero-order chi connectivity index (χ0) is 13.2. The standard InChI is InChI=1S/C13H16F3NO/c1-18-6-5-10-7-9-3-2-4-12(13(14,15)16)11(9)8-17-10/h2-4,10,17H,5-8H2,1H3. The molecule has 0 saturated heterocycles. The number of alkyl halides is 3. The van der Waals surface area contributed by atoms with Crippen LogP contribution < -0.4 is 5.32 Å². The highest BCUT2D eigenvalue weighted by Crippen LogP contribution is 2.35. The van der Waals surface area contributed by atoms with Gasteiger partial charge in [0.2, 0.25) is 0 Å².